The zero-order chi connectivity index (χ0) is 13.5. The highest BCUT2D eigenvalue weighted by atomic mass is 16.5. The lowest BCUT2D eigenvalue weighted by atomic mass is 9.86. The molecule has 1 heteroatoms. The molecule has 1 aromatic rings. The maximum Gasteiger partial charge on any atom is 0.0471 e. The fraction of sp³-hybridized carbons (Fsp3) is 0.529. The van der Waals surface area contributed by atoms with Gasteiger partial charge in [0.15, 0.2) is 0 Å². The molecule has 1 aromatic carbocycles. The van der Waals surface area contributed by atoms with Crippen LogP contribution in [0.5, 0.6) is 0 Å². The van der Waals surface area contributed by atoms with Crippen LogP contribution in [0.1, 0.15) is 47.9 Å². The summed E-state index contributed by atoms with van der Waals surface area (Å²) in [6.45, 7) is 13.8. The highest BCUT2D eigenvalue weighted by Crippen LogP contribution is 2.31. The summed E-state index contributed by atoms with van der Waals surface area (Å²) >= 11 is 0. The topological polar surface area (TPSA) is 9.23 Å². The number of hydrogen-bond donors (Lipinski definition) is 0. The molecule has 0 bridgehead atoms. The zero-order valence-corrected chi connectivity index (χ0v) is 12.3. The summed E-state index contributed by atoms with van der Waals surface area (Å²) in [4.78, 5) is 0. The third-order valence-corrected chi connectivity index (χ3v) is 3.76. The molecule has 0 N–H and O–H groups in total. The Morgan fingerprint density at radius 2 is 1.67 bits per heavy atom. The van der Waals surface area contributed by atoms with E-state index in [4.69, 9.17) is 4.74 Å². The van der Waals surface area contributed by atoms with Crippen molar-refractivity contribution >= 4 is 0 Å². The normalized spacial score (nSPS) is 15.8. The predicted molar refractivity (Wildman–Crippen MR) is 79.3 cm³/mol. The van der Waals surface area contributed by atoms with E-state index in [-0.39, 0.29) is 0 Å². The number of aryl methyl sites for hydroxylation is 1. The molecule has 1 fully saturated rings. The Balaban J connectivity index is 0.000000492. The molecule has 0 atom stereocenters. The Bertz CT molecular complexity index is 387. The van der Waals surface area contributed by atoms with Gasteiger partial charge in [-0.05, 0) is 68.7 Å². The van der Waals surface area contributed by atoms with Gasteiger partial charge in [0, 0.05) is 13.2 Å². The highest BCUT2D eigenvalue weighted by Gasteiger charge is 2.18. The molecular formula is C17H26O. The maximum absolute atomic E-state index is 5.42. The summed E-state index contributed by atoms with van der Waals surface area (Å²) in [7, 11) is 0. The first-order valence-electron chi connectivity index (χ1n) is 6.83. The lowest BCUT2D eigenvalue weighted by molar-refractivity contribution is 0.0852. The van der Waals surface area contributed by atoms with Crippen LogP contribution in [-0.4, -0.2) is 13.2 Å². The van der Waals surface area contributed by atoms with Gasteiger partial charge in [-0.3, -0.25) is 0 Å². The molecule has 1 aliphatic rings. The molecule has 1 heterocycles. The van der Waals surface area contributed by atoms with Crippen molar-refractivity contribution in [2.75, 3.05) is 13.2 Å². The zero-order valence-electron chi connectivity index (χ0n) is 12.3. The first-order chi connectivity index (χ1) is 8.61. The lowest BCUT2D eigenvalue weighted by Gasteiger charge is -2.25. The molecule has 0 amide bonds. The molecule has 0 saturated carbocycles. The maximum atomic E-state index is 5.42. The summed E-state index contributed by atoms with van der Waals surface area (Å²) in [6.07, 6.45) is 4.12. The number of ether oxygens (including phenoxy) is 1. The van der Waals surface area contributed by atoms with Crippen LogP contribution in [0.2, 0.25) is 0 Å². The molecule has 100 valence electrons. The molecule has 1 aliphatic heterocycles. The van der Waals surface area contributed by atoms with Crippen molar-refractivity contribution in [1.82, 2.24) is 0 Å². The Morgan fingerprint density at radius 1 is 1.11 bits per heavy atom. The van der Waals surface area contributed by atoms with Crippen molar-refractivity contribution in [3.05, 3.63) is 47.0 Å². The summed E-state index contributed by atoms with van der Waals surface area (Å²) < 4.78 is 5.42. The number of allylic oxidation sites excluding steroid dienone is 1. The van der Waals surface area contributed by atoms with Crippen molar-refractivity contribution in [3.63, 3.8) is 0 Å². The van der Waals surface area contributed by atoms with Crippen LogP contribution in [0.15, 0.2) is 24.8 Å². The van der Waals surface area contributed by atoms with Crippen LogP contribution in [0.25, 0.3) is 0 Å². The van der Waals surface area contributed by atoms with Gasteiger partial charge in [0.2, 0.25) is 0 Å². The number of rotatable bonds is 1. The van der Waals surface area contributed by atoms with Crippen LogP contribution in [0.4, 0.5) is 0 Å². The van der Waals surface area contributed by atoms with Gasteiger partial charge >= 0.3 is 0 Å². The molecular weight excluding hydrogens is 220 g/mol. The van der Waals surface area contributed by atoms with Gasteiger partial charge in [-0.1, -0.05) is 18.2 Å². The van der Waals surface area contributed by atoms with E-state index in [0.29, 0.717) is 0 Å². The predicted octanol–water partition coefficient (Wildman–Crippen LogP) is 4.70. The second kappa shape index (κ2) is 7.38. The van der Waals surface area contributed by atoms with Crippen LogP contribution < -0.4 is 0 Å². The van der Waals surface area contributed by atoms with Gasteiger partial charge < -0.3 is 4.74 Å². The van der Waals surface area contributed by atoms with E-state index in [1.165, 1.54) is 29.5 Å². The van der Waals surface area contributed by atoms with Crippen molar-refractivity contribution in [3.8, 4) is 0 Å². The summed E-state index contributed by atoms with van der Waals surface area (Å²) in [6, 6.07) is 4.57. The largest absolute Gasteiger partial charge is 0.381 e. The van der Waals surface area contributed by atoms with E-state index >= 15 is 0 Å². The Labute approximate surface area is 112 Å². The molecule has 2 rings (SSSR count). The third kappa shape index (κ3) is 3.71. The first kappa shape index (κ1) is 15.0. The van der Waals surface area contributed by atoms with Crippen LogP contribution in [0, 0.1) is 20.8 Å². The van der Waals surface area contributed by atoms with Crippen LogP contribution >= 0.6 is 0 Å². The Kier molecular flexibility index (Phi) is 6.14. The van der Waals surface area contributed by atoms with Crippen molar-refractivity contribution in [2.24, 2.45) is 0 Å². The van der Waals surface area contributed by atoms with E-state index in [1.807, 2.05) is 6.92 Å². The van der Waals surface area contributed by atoms with Gasteiger partial charge in [-0.15, -0.1) is 6.58 Å². The molecule has 0 aliphatic carbocycles. The quantitative estimate of drug-likeness (QED) is 0.653. The van der Waals surface area contributed by atoms with Crippen molar-refractivity contribution in [2.45, 2.75) is 46.5 Å². The minimum Gasteiger partial charge on any atom is -0.381 e. The van der Waals surface area contributed by atoms with Gasteiger partial charge in [0.25, 0.3) is 0 Å². The van der Waals surface area contributed by atoms with E-state index < -0.39 is 0 Å². The summed E-state index contributed by atoms with van der Waals surface area (Å²) in [5.41, 5.74) is 5.89. The van der Waals surface area contributed by atoms with E-state index in [2.05, 4.69) is 39.5 Å². The number of hydrogen-bond acceptors (Lipinski definition) is 1. The molecule has 0 aromatic heterocycles. The van der Waals surface area contributed by atoms with Gasteiger partial charge in [-0.2, -0.15) is 0 Å². The first-order valence-corrected chi connectivity index (χ1v) is 6.83. The lowest BCUT2D eigenvalue weighted by Crippen LogP contribution is -2.15. The second-order valence-corrected chi connectivity index (χ2v) is 5.02. The van der Waals surface area contributed by atoms with Crippen LogP contribution in [0.3, 0.4) is 0 Å². The van der Waals surface area contributed by atoms with Gasteiger partial charge in [-0.25, -0.2) is 0 Å². The second-order valence-electron chi connectivity index (χ2n) is 5.02. The Hall–Kier alpha value is -1.08. The minimum atomic E-state index is 0.720. The molecule has 0 radical (unpaired) electrons. The molecule has 1 nitrogen and oxygen atoms in total. The van der Waals surface area contributed by atoms with Crippen molar-refractivity contribution < 1.29 is 4.74 Å². The average Bonchev–Trinajstić information content (AvgIpc) is 2.38. The summed E-state index contributed by atoms with van der Waals surface area (Å²) in [5.74, 6) is 0.720. The van der Waals surface area contributed by atoms with E-state index in [0.717, 1.165) is 19.1 Å². The monoisotopic (exact) mass is 246 g/mol. The molecule has 0 unspecified atom stereocenters. The van der Waals surface area contributed by atoms with Gasteiger partial charge in [0.1, 0.15) is 0 Å². The molecule has 1 saturated heterocycles. The highest BCUT2D eigenvalue weighted by molar-refractivity contribution is 5.40. The summed E-state index contributed by atoms with van der Waals surface area (Å²) in [5, 5.41) is 0. The number of benzene rings is 1. The minimum absolute atomic E-state index is 0.720. The molecule has 0 spiro atoms. The average molecular weight is 246 g/mol. The fourth-order valence-corrected chi connectivity index (χ4v) is 2.43. The standard InChI is InChI=1S/C14H20O.C3H6/c1-10-4-5-14(12(3)11(10)2)13-6-8-15-9-7-13;1-3-2/h4-5,13H,6-9H2,1-3H3;3H,1H2,2H3. The van der Waals surface area contributed by atoms with E-state index in [1.54, 1.807) is 11.6 Å². The smallest absolute Gasteiger partial charge is 0.0471 e. The molecule has 18 heavy (non-hydrogen) atoms. The third-order valence-electron chi connectivity index (χ3n) is 3.76. The van der Waals surface area contributed by atoms with Crippen molar-refractivity contribution in [1.29, 1.82) is 0 Å². The fourth-order valence-electron chi connectivity index (χ4n) is 2.43. The Morgan fingerprint density at radius 3 is 2.22 bits per heavy atom. The SMILES string of the molecule is C=CC.Cc1ccc(C2CCOCC2)c(C)c1C. The van der Waals surface area contributed by atoms with E-state index in [9.17, 15) is 0 Å². The van der Waals surface area contributed by atoms with Crippen LogP contribution in [-0.2, 0) is 4.74 Å². The van der Waals surface area contributed by atoms with Gasteiger partial charge in [0.05, 0.1) is 0 Å².